The zero-order valence-corrected chi connectivity index (χ0v) is 12.7. The molecule has 0 spiro atoms. The molecule has 0 atom stereocenters. The van der Waals surface area contributed by atoms with Gasteiger partial charge in [-0.2, -0.15) is 0 Å². The fourth-order valence-electron chi connectivity index (χ4n) is 1.70. The van der Waals surface area contributed by atoms with Crippen LogP contribution < -0.4 is 4.74 Å². The first-order valence-corrected chi connectivity index (χ1v) is 7.14. The van der Waals surface area contributed by atoms with Gasteiger partial charge >= 0.3 is 0 Å². The van der Waals surface area contributed by atoms with E-state index >= 15 is 0 Å². The quantitative estimate of drug-likeness (QED) is 0.444. The van der Waals surface area contributed by atoms with Gasteiger partial charge in [-0.3, -0.25) is 10.1 Å². The molecule has 0 aliphatic carbocycles. The highest BCUT2D eigenvalue weighted by Gasteiger charge is 2.11. The highest BCUT2D eigenvalue weighted by Crippen LogP contribution is 2.27. The normalized spacial score (nSPS) is 10.3. The van der Waals surface area contributed by atoms with Crippen LogP contribution in [0.1, 0.15) is 11.1 Å². The van der Waals surface area contributed by atoms with Gasteiger partial charge in [-0.15, -0.1) is 11.6 Å². The van der Waals surface area contributed by atoms with E-state index in [4.69, 9.17) is 16.3 Å². The van der Waals surface area contributed by atoms with Gasteiger partial charge in [0, 0.05) is 27.7 Å². The monoisotopic (exact) mass is 355 g/mol. The Morgan fingerprint density at radius 3 is 2.60 bits per heavy atom. The number of ether oxygens (including phenoxy) is 1. The lowest BCUT2D eigenvalue weighted by Crippen LogP contribution is -1.99. The van der Waals surface area contributed by atoms with Crippen LogP contribution in [0, 0.1) is 10.1 Å². The molecule has 0 saturated carbocycles. The van der Waals surface area contributed by atoms with Gasteiger partial charge in [0.15, 0.2) is 0 Å². The molecule has 0 N–H and O–H groups in total. The van der Waals surface area contributed by atoms with Crippen molar-refractivity contribution >= 4 is 33.2 Å². The maximum absolute atomic E-state index is 10.7. The maximum Gasteiger partial charge on any atom is 0.270 e. The SMILES string of the molecule is O=[N+]([O-])c1ccc(OCc2ccccc2Br)c(CCl)c1. The zero-order chi connectivity index (χ0) is 14.5. The van der Waals surface area contributed by atoms with Crippen molar-refractivity contribution in [3.05, 3.63) is 68.2 Å². The highest BCUT2D eigenvalue weighted by molar-refractivity contribution is 9.10. The Morgan fingerprint density at radius 2 is 1.95 bits per heavy atom. The average molecular weight is 357 g/mol. The molecular weight excluding hydrogens is 346 g/mol. The number of nitro benzene ring substituents is 1. The molecular formula is C14H11BrClNO3. The molecule has 104 valence electrons. The first kappa shape index (κ1) is 14.8. The molecule has 2 aromatic rings. The van der Waals surface area contributed by atoms with E-state index in [1.807, 2.05) is 24.3 Å². The van der Waals surface area contributed by atoms with E-state index in [1.54, 1.807) is 6.07 Å². The second-order valence-electron chi connectivity index (χ2n) is 4.06. The average Bonchev–Trinajstić information content (AvgIpc) is 2.46. The van der Waals surface area contributed by atoms with Crippen molar-refractivity contribution < 1.29 is 9.66 Å². The standard InChI is InChI=1S/C14H11BrClNO3/c15-13-4-2-1-3-10(13)9-20-14-6-5-12(17(18)19)7-11(14)8-16/h1-7H,8-9H2. The van der Waals surface area contributed by atoms with Crippen LogP contribution >= 0.6 is 27.5 Å². The molecule has 0 saturated heterocycles. The summed E-state index contributed by atoms with van der Waals surface area (Å²) in [6, 6.07) is 12.1. The molecule has 0 aromatic heterocycles. The third-order valence-corrected chi connectivity index (χ3v) is 3.80. The molecule has 0 bridgehead atoms. The van der Waals surface area contributed by atoms with Crippen molar-refractivity contribution in [2.75, 3.05) is 0 Å². The van der Waals surface area contributed by atoms with Crippen LogP contribution in [0.3, 0.4) is 0 Å². The molecule has 6 heteroatoms. The van der Waals surface area contributed by atoms with Crippen molar-refractivity contribution in [2.24, 2.45) is 0 Å². The van der Waals surface area contributed by atoms with E-state index < -0.39 is 4.92 Å². The van der Waals surface area contributed by atoms with Gasteiger partial charge in [0.2, 0.25) is 0 Å². The first-order valence-electron chi connectivity index (χ1n) is 5.81. The summed E-state index contributed by atoms with van der Waals surface area (Å²) in [5.41, 5.74) is 1.60. The maximum atomic E-state index is 10.7. The minimum atomic E-state index is -0.451. The molecule has 0 radical (unpaired) electrons. The summed E-state index contributed by atoms with van der Waals surface area (Å²) in [6.07, 6.45) is 0. The third kappa shape index (κ3) is 3.49. The molecule has 2 rings (SSSR count). The molecule has 0 fully saturated rings. The molecule has 0 heterocycles. The number of nitro groups is 1. The molecule has 0 amide bonds. The number of benzene rings is 2. The highest BCUT2D eigenvalue weighted by atomic mass is 79.9. The second-order valence-corrected chi connectivity index (χ2v) is 5.18. The fraction of sp³-hybridized carbons (Fsp3) is 0.143. The van der Waals surface area contributed by atoms with Crippen molar-refractivity contribution in [2.45, 2.75) is 12.5 Å². The Bertz CT molecular complexity index is 634. The Kier molecular flexibility index (Phi) is 4.98. The minimum Gasteiger partial charge on any atom is -0.489 e. The summed E-state index contributed by atoms with van der Waals surface area (Å²) in [4.78, 5) is 10.3. The van der Waals surface area contributed by atoms with Gasteiger partial charge in [-0.25, -0.2) is 0 Å². The smallest absolute Gasteiger partial charge is 0.270 e. The summed E-state index contributed by atoms with van der Waals surface area (Å²) in [7, 11) is 0. The number of rotatable bonds is 5. The molecule has 2 aromatic carbocycles. The summed E-state index contributed by atoms with van der Waals surface area (Å²) < 4.78 is 6.65. The van der Waals surface area contributed by atoms with Gasteiger partial charge < -0.3 is 4.74 Å². The van der Waals surface area contributed by atoms with Gasteiger partial charge in [-0.1, -0.05) is 34.1 Å². The van der Waals surface area contributed by atoms with Crippen molar-refractivity contribution in [1.29, 1.82) is 0 Å². The van der Waals surface area contributed by atoms with E-state index in [1.165, 1.54) is 12.1 Å². The Labute approximate surface area is 129 Å². The van der Waals surface area contributed by atoms with Crippen LogP contribution in [0.25, 0.3) is 0 Å². The van der Waals surface area contributed by atoms with Gasteiger partial charge in [-0.05, 0) is 12.1 Å². The topological polar surface area (TPSA) is 52.4 Å². The van der Waals surface area contributed by atoms with E-state index in [2.05, 4.69) is 15.9 Å². The van der Waals surface area contributed by atoms with Crippen LogP contribution in [0.15, 0.2) is 46.9 Å². The van der Waals surface area contributed by atoms with Crippen molar-refractivity contribution in [1.82, 2.24) is 0 Å². The Morgan fingerprint density at radius 1 is 1.20 bits per heavy atom. The van der Waals surface area contributed by atoms with Crippen LogP contribution in [-0.4, -0.2) is 4.92 Å². The molecule has 0 aliphatic rings. The number of alkyl halides is 1. The zero-order valence-electron chi connectivity index (χ0n) is 10.4. The summed E-state index contributed by atoms with van der Waals surface area (Å²) >= 11 is 9.25. The van der Waals surface area contributed by atoms with Crippen LogP contribution in [0.5, 0.6) is 5.75 Å². The van der Waals surface area contributed by atoms with Crippen molar-refractivity contribution in [3.63, 3.8) is 0 Å². The summed E-state index contributed by atoms with van der Waals surface area (Å²) in [5.74, 6) is 0.717. The number of non-ortho nitro benzene ring substituents is 1. The van der Waals surface area contributed by atoms with Crippen LogP contribution in [0.2, 0.25) is 0 Å². The Balaban J connectivity index is 2.17. The lowest BCUT2D eigenvalue weighted by molar-refractivity contribution is -0.384. The lowest BCUT2D eigenvalue weighted by Gasteiger charge is -2.11. The van der Waals surface area contributed by atoms with E-state index in [-0.39, 0.29) is 11.6 Å². The predicted octanol–water partition coefficient (Wildman–Crippen LogP) is 4.68. The first-order chi connectivity index (χ1) is 9.61. The minimum absolute atomic E-state index is 0.00823. The van der Waals surface area contributed by atoms with E-state index in [9.17, 15) is 10.1 Å². The van der Waals surface area contributed by atoms with Gasteiger partial charge in [0.1, 0.15) is 12.4 Å². The summed E-state index contributed by atoms with van der Waals surface area (Å²) in [6.45, 7) is 0.364. The van der Waals surface area contributed by atoms with E-state index in [0.717, 1.165) is 10.0 Å². The summed E-state index contributed by atoms with van der Waals surface area (Å²) in [5, 5.41) is 10.7. The number of nitrogens with zero attached hydrogens (tertiary/aromatic N) is 1. The Hall–Kier alpha value is -1.59. The fourth-order valence-corrected chi connectivity index (χ4v) is 2.30. The van der Waals surface area contributed by atoms with Gasteiger partial charge in [0.05, 0.1) is 10.8 Å². The molecule has 0 unspecified atom stereocenters. The molecule has 4 nitrogen and oxygen atoms in total. The van der Waals surface area contributed by atoms with Crippen LogP contribution in [0.4, 0.5) is 5.69 Å². The van der Waals surface area contributed by atoms with Gasteiger partial charge in [0.25, 0.3) is 5.69 Å². The third-order valence-electron chi connectivity index (χ3n) is 2.74. The number of hydrogen-bond donors (Lipinski definition) is 0. The number of halogens is 2. The van der Waals surface area contributed by atoms with Crippen molar-refractivity contribution in [3.8, 4) is 5.75 Å². The van der Waals surface area contributed by atoms with E-state index in [0.29, 0.717) is 17.9 Å². The van der Waals surface area contributed by atoms with Crippen LogP contribution in [-0.2, 0) is 12.5 Å². The molecule has 20 heavy (non-hydrogen) atoms. The molecule has 0 aliphatic heterocycles. The lowest BCUT2D eigenvalue weighted by atomic mass is 10.2. The second kappa shape index (κ2) is 6.72. The predicted molar refractivity (Wildman–Crippen MR) is 81.1 cm³/mol. The largest absolute Gasteiger partial charge is 0.489 e. The number of hydrogen-bond acceptors (Lipinski definition) is 3.